The zero-order valence-corrected chi connectivity index (χ0v) is 14.6. The summed E-state index contributed by atoms with van der Waals surface area (Å²) >= 11 is 0. The van der Waals surface area contributed by atoms with Crippen molar-refractivity contribution in [1.29, 1.82) is 0 Å². The van der Waals surface area contributed by atoms with E-state index in [1.54, 1.807) is 12.1 Å². The van der Waals surface area contributed by atoms with Gasteiger partial charge in [-0.15, -0.1) is 0 Å². The lowest BCUT2D eigenvalue weighted by atomic mass is 10.2. The number of ether oxygens (including phenoxy) is 1. The number of para-hydroxylation sites is 1. The minimum absolute atomic E-state index is 0.0674. The van der Waals surface area contributed by atoms with Gasteiger partial charge in [-0.3, -0.25) is 4.79 Å². The molecule has 1 aliphatic rings. The lowest BCUT2D eigenvalue weighted by Crippen LogP contribution is -2.40. The number of carboxylic acids is 1. The summed E-state index contributed by atoms with van der Waals surface area (Å²) in [6.07, 6.45) is 0.883. The fraction of sp³-hybridized carbons (Fsp3) is 0.278. The minimum atomic E-state index is -3.83. The summed E-state index contributed by atoms with van der Waals surface area (Å²) in [5.74, 6) is 0.105. The second-order valence-electron chi connectivity index (χ2n) is 5.95. The number of benzene rings is 2. The van der Waals surface area contributed by atoms with Gasteiger partial charge in [0.05, 0.1) is 4.90 Å². The first-order valence-corrected chi connectivity index (χ1v) is 9.42. The van der Waals surface area contributed by atoms with E-state index in [0.29, 0.717) is 24.3 Å². The summed E-state index contributed by atoms with van der Waals surface area (Å²) in [6.45, 7) is 2.15. The Morgan fingerprint density at radius 1 is 1.16 bits per heavy atom. The molecule has 2 aromatic rings. The van der Waals surface area contributed by atoms with Crippen LogP contribution in [0.3, 0.4) is 0 Å². The Morgan fingerprint density at radius 2 is 1.84 bits per heavy atom. The first-order chi connectivity index (χ1) is 11.9. The number of aryl methyl sites for hydroxylation is 1. The molecule has 0 aromatic heterocycles. The highest BCUT2D eigenvalue weighted by molar-refractivity contribution is 7.89. The molecule has 1 aliphatic heterocycles. The van der Waals surface area contributed by atoms with E-state index in [0.717, 1.165) is 9.87 Å². The molecule has 2 aromatic carbocycles. The first-order valence-electron chi connectivity index (χ1n) is 7.98. The molecule has 0 saturated carbocycles. The average molecular weight is 361 g/mol. The topological polar surface area (TPSA) is 83.9 Å². The van der Waals surface area contributed by atoms with Crippen molar-refractivity contribution in [3.8, 4) is 11.5 Å². The molecular weight excluding hydrogens is 342 g/mol. The molecule has 1 atom stereocenters. The molecule has 0 bridgehead atoms. The smallest absolute Gasteiger partial charge is 0.322 e. The van der Waals surface area contributed by atoms with E-state index in [1.807, 2.05) is 31.2 Å². The Kier molecular flexibility index (Phi) is 4.78. The Labute approximate surface area is 146 Å². The fourth-order valence-corrected chi connectivity index (χ4v) is 4.54. The Hall–Kier alpha value is -2.38. The van der Waals surface area contributed by atoms with Crippen LogP contribution in [-0.4, -0.2) is 36.4 Å². The number of hydrogen-bond acceptors (Lipinski definition) is 4. The van der Waals surface area contributed by atoms with Crippen LogP contribution in [0.25, 0.3) is 0 Å². The van der Waals surface area contributed by atoms with Gasteiger partial charge < -0.3 is 9.84 Å². The van der Waals surface area contributed by atoms with Crippen LogP contribution in [-0.2, 0) is 14.8 Å². The summed E-state index contributed by atoms with van der Waals surface area (Å²) in [5, 5.41) is 9.20. The van der Waals surface area contributed by atoms with E-state index in [4.69, 9.17) is 4.74 Å². The molecular formula is C18H19NO5S. The van der Waals surface area contributed by atoms with Crippen molar-refractivity contribution in [2.24, 2.45) is 0 Å². The lowest BCUT2D eigenvalue weighted by Gasteiger charge is -2.21. The molecule has 0 radical (unpaired) electrons. The summed E-state index contributed by atoms with van der Waals surface area (Å²) in [7, 11) is -3.83. The molecule has 0 spiro atoms. The third-order valence-electron chi connectivity index (χ3n) is 4.24. The zero-order valence-electron chi connectivity index (χ0n) is 13.8. The molecule has 1 fully saturated rings. The second kappa shape index (κ2) is 6.85. The standard InChI is InChI=1S/C18H19NO5S/c1-13-5-2-3-7-17(13)24-14-8-10-15(11-9-14)25(22,23)19-12-4-6-16(19)18(20)21/h2-3,5,7-11,16H,4,6,12H2,1H3,(H,20,21). The Morgan fingerprint density at radius 3 is 2.48 bits per heavy atom. The fourth-order valence-electron chi connectivity index (χ4n) is 2.89. The summed E-state index contributed by atoms with van der Waals surface area (Å²) in [5.41, 5.74) is 0.973. The van der Waals surface area contributed by atoms with Gasteiger partial charge in [0.2, 0.25) is 10.0 Å². The van der Waals surface area contributed by atoms with Gasteiger partial charge in [-0.25, -0.2) is 8.42 Å². The number of carboxylic acid groups (broad SMARTS) is 1. The Bertz CT molecular complexity index is 877. The quantitative estimate of drug-likeness (QED) is 0.885. The molecule has 7 heteroatoms. The predicted molar refractivity (Wildman–Crippen MR) is 92.2 cm³/mol. The van der Waals surface area contributed by atoms with Gasteiger partial charge in [-0.2, -0.15) is 4.31 Å². The van der Waals surface area contributed by atoms with Crippen LogP contribution in [0.2, 0.25) is 0 Å². The van der Waals surface area contributed by atoms with Crippen LogP contribution in [0.1, 0.15) is 18.4 Å². The van der Waals surface area contributed by atoms with Crippen molar-refractivity contribution < 1.29 is 23.1 Å². The third kappa shape index (κ3) is 3.52. The van der Waals surface area contributed by atoms with Crippen molar-refractivity contribution in [2.75, 3.05) is 6.54 Å². The van der Waals surface area contributed by atoms with E-state index < -0.39 is 22.0 Å². The SMILES string of the molecule is Cc1ccccc1Oc1ccc(S(=O)(=O)N2CCCC2C(=O)O)cc1. The highest BCUT2D eigenvalue weighted by Gasteiger charge is 2.39. The van der Waals surface area contributed by atoms with Crippen molar-refractivity contribution in [3.05, 3.63) is 54.1 Å². The largest absolute Gasteiger partial charge is 0.480 e. The maximum Gasteiger partial charge on any atom is 0.322 e. The van der Waals surface area contributed by atoms with E-state index in [1.165, 1.54) is 12.1 Å². The molecule has 3 rings (SSSR count). The van der Waals surface area contributed by atoms with E-state index in [-0.39, 0.29) is 11.4 Å². The van der Waals surface area contributed by atoms with Gasteiger partial charge in [0.1, 0.15) is 17.5 Å². The molecule has 0 amide bonds. The summed E-state index contributed by atoms with van der Waals surface area (Å²) in [4.78, 5) is 11.3. The van der Waals surface area contributed by atoms with Gasteiger partial charge >= 0.3 is 5.97 Å². The summed E-state index contributed by atoms with van der Waals surface area (Å²) in [6, 6.07) is 12.6. The summed E-state index contributed by atoms with van der Waals surface area (Å²) < 4.78 is 32.2. The molecule has 132 valence electrons. The van der Waals surface area contributed by atoms with E-state index >= 15 is 0 Å². The number of carbonyl (C=O) groups is 1. The highest BCUT2D eigenvalue weighted by Crippen LogP contribution is 2.29. The molecule has 1 N–H and O–H groups in total. The van der Waals surface area contributed by atoms with Gasteiger partial charge in [-0.05, 0) is 55.7 Å². The number of aliphatic carboxylic acids is 1. The monoisotopic (exact) mass is 361 g/mol. The van der Waals surface area contributed by atoms with Crippen molar-refractivity contribution in [1.82, 2.24) is 4.31 Å². The maximum atomic E-state index is 12.7. The van der Waals surface area contributed by atoms with Crippen LogP contribution >= 0.6 is 0 Å². The molecule has 6 nitrogen and oxygen atoms in total. The van der Waals surface area contributed by atoms with Crippen LogP contribution in [0, 0.1) is 6.92 Å². The molecule has 1 saturated heterocycles. The number of hydrogen-bond donors (Lipinski definition) is 1. The van der Waals surface area contributed by atoms with Crippen molar-refractivity contribution in [3.63, 3.8) is 0 Å². The Balaban J connectivity index is 1.82. The second-order valence-corrected chi connectivity index (χ2v) is 7.84. The van der Waals surface area contributed by atoms with Crippen molar-refractivity contribution in [2.45, 2.75) is 30.7 Å². The van der Waals surface area contributed by atoms with Crippen LogP contribution < -0.4 is 4.74 Å². The normalized spacial score (nSPS) is 18.2. The molecule has 25 heavy (non-hydrogen) atoms. The number of sulfonamides is 1. The van der Waals surface area contributed by atoms with Gasteiger partial charge in [-0.1, -0.05) is 18.2 Å². The van der Waals surface area contributed by atoms with Crippen LogP contribution in [0.5, 0.6) is 11.5 Å². The van der Waals surface area contributed by atoms with Crippen LogP contribution in [0.15, 0.2) is 53.4 Å². The van der Waals surface area contributed by atoms with Crippen molar-refractivity contribution >= 4 is 16.0 Å². The van der Waals surface area contributed by atoms with E-state index in [2.05, 4.69) is 0 Å². The minimum Gasteiger partial charge on any atom is -0.480 e. The lowest BCUT2D eigenvalue weighted by molar-refractivity contribution is -0.140. The van der Waals surface area contributed by atoms with Gasteiger partial charge in [0, 0.05) is 6.54 Å². The maximum absolute atomic E-state index is 12.7. The number of nitrogens with zero attached hydrogens (tertiary/aromatic N) is 1. The van der Waals surface area contributed by atoms with Gasteiger partial charge in [0.25, 0.3) is 0 Å². The molecule has 1 heterocycles. The van der Waals surface area contributed by atoms with Gasteiger partial charge in [0.15, 0.2) is 0 Å². The number of rotatable bonds is 5. The highest BCUT2D eigenvalue weighted by atomic mass is 32.2. The molecule has 1 unspecified atom stereocenters. The molecule has 0 aliphatic carbocycles. The zero-order chi connectivity index (χ0) is 18.0. The average Bonchev–Trinajstić information content (AvgIpc) is 3.08. The van der Waals surface area contributed by atoms with E-state index in [9.17, 15) is 18.3 Å². The first kappa shape index (κ1) is 17.4. The van der Waals surface area contributed by atoms with Crippen LogP contribution in [0.4, 0.5) is 0 Å². The predicted octanol–water partition coefficient (Wildman–Crippen LogP) is 3.03. The third-order valence-corrected chi connectivity index (χ3v) is 6.16.